The van der Waals surface area contributed by atoms with Crippen LogP contribution in [0.4, 0.5) is 5.00 Å². The Morgan fingerprint density at radius 3 is 2.80 bits per heavy atom. The lowest BCUT2D eigenvalue weighted by atomic mass is 9.88. The number of furan rings is 1. The first kappa shape index (κ1) is 17.7. The third-order valence-electron chi connectivity index (χ3n) is 4.50. The first-order chi connectivity index (χ1) is 11.9. The standard InChI is InChI=1S/C19H23NO4S/c1-5-23-19(22)16-13-7-6-10(2)8-15(13)25-18(16)20-17(21)14-9-11(3)24-12(14)4/h9-10H,5-8H2,1-4H3,(H,20,21)/t10-/m0/s1. The molecule has 2 aromatic rings. The predicted molar refractivity (Wildman–Crippen MR) is 97.6 cm³/mol. The fourth-order valence-corrected chi connectivity index (χ4v) is 4.68. The van der Waals surface area contributed by atoms with Crippen LogP contribution in [0.5, 0.6) is 0 Å². The summed E-state index contributed by atoms with van der Waals surface area (Å²) >= 11 is 1.49. The summed E-state index contributed by atoms with van der Waals surface area (Å²) in [6.45, 7) is 7.87. The summed E-state index contributed by atoms with van der Waals surface area (Å²) in [6.07, 6.45) is 2.83. The average molecular weight is 361 g/mol. The molecule has 0 aromatic carbocycles. The van der Waals surface area contributed by atoms with Crippen molar-refractivity contribution < 1.29 is 18.7 Å². The van der Waals surface area contributed by atoms with Crippen molar-refractivity contribution in [1.29, 1.82) is 0 Å². The molecule has 0 saturated heterocycles. The summed E-state index contributed by atoms with van der Waals surface area (Å²) in [7, 11) is 0. The van der Waals surface area contributed by atoms with Gasteiger partial charge in [-0.1, -0.05) is 6.92 Å². The molecular formula is C19H23NO4S. The molecule has 0 spiro atoms. The molecule has 1 atom stereocenters. The number of nitrogens with one attached hydrogen (secondary N) is 1. The summed E-state index contributed by atoms with van der Waals surface area (Å²) in [5.74, 6) is 1.23. The Morgan fingerprint density at radius 2 is 2.16 bits per heavy atom. The van der Waals surface area contributed by atoms with E-state index in [1.54, 1.807) is 26.8 Å². The molecule has 0 unspecified atom stereocenters. The van der Waals surface area contributed by atoms with Gasteiger partial charge >= 0.3 is 5.97 Å². The fourth-order valence-electron chi connectivity index (χ4n) is 3.28. The van der Waals surface area contributed by atoms with Crippen molar-refractivity contribution in [1.82, 2.24) is 0 Å². The maximum atomic E-state index is 12.6. The molecule has 0 radical (unpaired) electrons. The third kappa shape index (κ3) is 3.49. The molecule has 1 N–H and O–H groups in total. The van der Waals surface area contributed by atoms with Crippen LogP contribution in [0.3, 0.4) is 0 Å². The quantitative estimate of drug-likeness (QED) is 0.814. The van der Waals surface area contributed by atoms with Gasteiger partial charge in [-0.2, -0.15) is 0 Å². The lowest BCUT2D eigenvalue weighted by molar-refractivity contribution is 0.0526. The zero-order valence-corrected chi connectivity index (χ0v) is 15.8. The minimum Gasteiger partial charge on any atom is -0.466 e. The maximum Gasteiger partial charge on any atom is 0.341 e. The van der Waals surface area contributed by atoms with Gasteiger partial charge in [0.2, 0.25) is 0 Å². The number of hydrogen-bond donors (Lipinski definition) is 1. The van der Waals surface area contributed by atoms with Gasteiger partial charge in [-0.05, 0) is 57.6 Å². The van der Waals surface area contributed by atoms with Gasteiger partial charge in [-0.15, -0.1) is 11.3 Å². The minimum absolute atomic E-state index is 0.258. The number of ether oxygens (including phenoxy) is 1. The van der Waals surface area contributed by atoms with E-state index in [4.69, 9.17) is 9.15 Å². The predicted octanol–water partition coefficient (Wildman–Crippen LogP) is 4.51. The van der Waals surface area contributed by atoms with Crippen molar-refractivity contribution in [3.8, 4) is 0 Å². The van der Waals surface area contributed by atoms with Crippen LogP contribution in [0.2, 0.25) is 0 Å². The normalized spacial score (nSPS) is 16.4. The molecule has 2 heterocycles. The Bertz CT molecular complexity index is 818. The highest BCUT2D eigenvalue weighted by Gasteiger charge is 2.29. The van der Waals surface area contributed by atoms with Crippen LogP contribution < -0.4 is 5.32 Å². The molecule has 5 nitrogen and oxygen atoms in total. The second kappa shape index (κ2) is 7.04. The van der Waals surface area contributed by atoms with Gasteiger partial charge in [-0.3, -0.25) is 4.79 Å². The van der Waals surface area contributed by atoms with Gasteiger partial charge < -0.3 is 14.5 Å². The second-order valence-electron chi connectivity index (χ2n) is 6.56. The minimum atomic E-state index is -0.357. The van der Waals surface area contributed by atoms with Gasteiger partial charge in [0.15, 0.2) is 0 Å². The van der Waals surface area contributed by atoms with Crippen molar-refractivity contribution in [2.45, 2.75) is 47.0 Å². The number of carbonyl (C=O) groups excluding carboxylic acids is 2. The van der Waals surface area contributed by atoms with E-state index in [-0.39, 0.29) is 11.9 Å². The van der Waals surface area contributed by atoms with E-state index in [9.17, 15) is 9.59 Å². The number of aryl methyl sites for hydroxylation is 2. The molecule has 0 bridgehead atoms. The van der Waals surface area contributed by atoms with Crippen molar-refractivity contribution in [2.24, 2.45) is 5.92 Å². The molecule has 0 saturated carbocycles. The molecule has 134 valence electrons. The van der Waals surface area contributed by atoms with Crippen molar-refractivity contribution in [3.63, 3.8) is 0 Å². The van der Waals surface area contributed by atoms with E-state index in [0.717, 1.165) is 24.8 Å². The molecule has 0 fully saturated rings. The van der Waals surface area contributed by atoms with Crippen LogP contribution in [-0.2, 0) is 17.6 Å². The molecular weight excluding hydrogens is 338 g/mol. The smallest absolute Gasteiger partial charge is 0.341 e. The Morgan fingerprint density at radius 1 is 1.40 bits per heavy atom. The molecule has 6 heteroatoms. The highest BCUT2D eigenvalue weighted by molar-refractivity contribution is 7.17. The Balaban J connectivity index is 1.96. The van der Waals surface area contributed by atoms with E-state index >= 15 is 0 Å². The van der Waals surface area contributed by atoms with Gasteiger partial charge in [-0.25, -0.2) is 4.79 Å². The monoisotopic (exact) mass is 361 g/mol. The number of thiophene rings is 1. The van der Waals surface area contributed by atoms with E-state index in [0.29, 0.717) is 40.2 Å². The van der Waals surface area contributed by atoms with Gasteiger partial charge in [0.1, 0.15) is 16.5 Å². The van der Waals surface area contributed by atoms with Crippen molar-refractivity contribution in [2.75, 3.05) is 11.9 Å². The lowest BCUT2D eigenvalue weighted by Crippen LogP contribution is -2.16. The second-order valence-corrected chi connectivity index (χ2v) is 7.66. The van der Waals surface area contributed by atoms with Gasteiger partial charge in [0, 0.05) is 4.88 Å². The Labute approximate surface area is 151 Å². The van der Waals surface area contributed by atoms with Gasteiger partial charge in [0.25, 0.3) is 5.91 Å². The zero-order chi connectivity index (χ0) is 18.1. The molecule has 0 aliphatic heterocycles. The van der Waals surface area contributed by atoms with Crippen molar-refractivity contribution >= 4 is 28.2 Å². The molecule has 2 aromatic heterocycles. The van der Waals surface area contributed by atoms with E-state index < -0.39 is 0 Å². The molecule has 1 aliphatic rings. The third-order valence-corrected chi connectivity index (χ3v) is 5.67. The summed E-state index contributed by atoms with van der Waals surface area (Å²) in [6, 6.07) is 1.71. The number of hydrogen-bond acceptors (Lipinski definition) is 5. The van der Waals surface area contributed by atoms with Crippen LogP contribution in [0, 0.1) is 19.8 Å². The summed E-state index contributed by atoms with van der Waals surface area (Å²) < 4.78 is 10.7. The highest BCUT2D eigenvalue weighted by Crippen LogP contribution is 2.40. The van der Waals surface area contributed by atoms with Crippen LogP contribution >= 0.6 is 11.3 Å². The van der Waals surface area contributed by atoms with Crippen LogP contribution in [0.15, 0.2) is 10.5 Å². The lowest BCUT2D eigenvalue weighted by Gasteiger charge is -2.18. The number of esters is 1. The molecule has 1 aliphatic carbocycles. The van der Waals surface area contributed by atoms with E-state index in [1.807, 2.05) is 0 Å². The first-order valence-corrected chi connectivity index (χ1v) is 9.42. The molecule has 3 rings (SSSR count). The topological polar surface area (TPSA) is 68.5 Å². The van der Waals surface area contributed by atoms with Crippen LogP contribution in [0.25, 0.3) is 0 Å². The Hall–Kier alpha value is -2.08. The summed E-state index contributed by atoms with van der Waals surface area (Å²) in [5.41, 5.74) is 2.06. The molecule has 25 heavy (non-hydrogen) atoms. The number of carbonyl (C=O) groups is 2. The van der Waals surface area contributed by atoms with E-state index in [1.165, 1.54) is 16.2 Å². The number of fused-ring (bicyclic) bond motifs is 1. The summed E-state index contributed by atoms with van der Waals surface area (Å²) in [5, 5.41) is 3.50. The molecule has 1 amide bonds. The van der Waals surface area contributed by atoms with Gasteiger partial charge in [0.05, 0.1) is 17.7 Å². The van der Waals surface area contributed by atoms with Crippen LogP contribution in [-0.4, -0.2) is 18.5 Å². The largest absolute Gasteiger partial charge is 0.466 e. The Kier molecular flexibility index (Phi) is 4.99. The summed E-state index contributed by atoms with van der Waals surface area (Å²) in [4.78, 5) is 26.3. The number of anilines is 1. The highest BCUT2D eigenvalue weighted by atomic mass is 32.1. The zero-order valence-electron chi connectivity index (χ0n) is 15.0. The number of rotatable bonds is 4. The van der Waals surface area contributed by atoms with Crippen LogP contribution in [0.1, 0.15) is 62.9 Å². The van der Waals surface area contributed by atoms with Crippen molar-refractivity contribution in [3.05, 3.63) is 39.2 Å². The number of amides is 1. The first-order valence-electron chi connectivity index (χ1n) is 8.60. The van der Waals surface area contributed by atoms with E-state index in [2.05, 4.69) is 12.2 Å². The average Bonchev–Trinajstić information content (AvgIpc) is 3.06. The fraction of sp³-hybridized carbons (Fsp3) is 0.474. The SMILES string of the molecule is CCOC(=O)c1c(NC(=O)c2cc(C)oc2C)sc2c1CC[C@H](C)C2. The maximum absolute atomic E-state index is 12.6.